The quantitative estimate of drug-likeness (QED) is 0.544. The summed E-state index contributed by atoms with van der Waals surface area (Å²) in [5.74, 6) is 0.118. The molecule has 32 heavy (non-hydrogen) atoms. The van der Waals surface area contributed by atoms with E-state index in [1.165, 1.54) is 23.5 Å². The van der Waals surface area contributed by atoms with E-state index < -0.39 is 11.6 Å². The van der Waals surface area contributed by atoms with Crippen LogP contribution in [0, 0.1) is 11.6 Å². The Kier molecular flexibility index (Phi) is 5.70. The summed E-state index contributed by atoms with van der Waals surface area (Å²) in [4.78, 5) is 16.4. The molecule has 0 spiro atoms. The van der Waals surface area contributed by atoms with Gasteiger partial charge in [-0.05, 0) is 48.0 Å². The Labute approximate surface area is 188 Å². The highest BCUT2D eigenvalue weighted by atomic mass is 32.1. The summed E-state index contributed by atoms with van der Waals surface area (Å²) in [7, 11) is 0. The lowest BCUT2D eigenvalue weighted by Gasteiger charge is -2.32. The van der Waals surface area contributed by atoms with Crippen molar-refractivity contribution < 1.29 is 27.8 Å². The molecule has 166 valence electrons. The highest BCUT2D eigenvalue weighted by molar-refractivity contribution is 7.17. The lowest BCUT2D eigenvalue weighted by molar-refractivity contribution is 0.0592. The molecule has 0 aliphatic carbocycles. The number of rotatable bonds is 4. The number of nitrogens with zero attached hydrogens (tertiary/aromatic N) is 1. The van der Waals surface area contributed by atoms with Crippen LogP contribution in [0.2, 0.25) is 0 Å². The molecule has 1 amide bonds. The highest BCUT2D eigenvalue weighted by Gasteiger charge is 2.26. The number of piperidine rings is 1. The Morgan fingerprint density at radius 1 is 0.969 bits per heavy atom. The zero-order valence-corrected chi connectivity index (χ0v) is 18.0. The summed E-state index contributed by atoms with van der Waals surface area (Å²) < 4.78 is 43.8. The molecule has 2 aliphatic rings. The number of carbonyl (C=O) groups is 1. The van der Waals surface area contributed by atoms with Crippen molar-refractivity contribution in [3.63, 3.8) is 0 Å². The van der Waals surface area contributed by atoms with Gasteiger partial charge in [-0.3, -0.25) is 4.79 Å². The van der Waals surface area contributed by atoms with E-state index in [2.05, 4.69) is 0 Å². The average Bonchev–Trinajstić information content (AvgIpc) is 3.31. The first-order valence-corrected chi connectivity index (χ1v) is 11.3. The molecule has 5 nitrogen and oxygen atoms in total. The minimum absolute atomic E-state index is 0.0230. The largest absolute Gasteiger partial charge is 0.487 e. The van der Waals surface area contributed by atoms with Gasteiger partial charge in [0.25, 0.3) is 5.91 Å². The van der Waals surface area contributed by atoms with E-state index in [9.17, 15) is 13.6 Å². The number of hydrogen-bond acceptors (Lipinski definition) is 5. The summed E-state index contributed by atoms with van der Waals surface area (Å²) >= 11 is 1.44. The molecule has 0 atom stereocenters. The van der Waals surface area contributed by atoms with E-state index >= 15 is 0 Å². The molecule has 5 rings (SSSR count). The van der Waals surface area contributed by atoms with E-state index in [-0.39, 0.29) is 17.8 Å². The summed E-state index contributed by atoms with van der Waals surface area (Å²) in [6.45, 7) is 2.11. The Morgan fingerprint density at radius 2 is 1.75 bits per heavy atom. The van der Waals surface area contributed by atoms with Crippen molar-refractivity contribution in [2.45, 2.75) is 18.9 Å². The molecule has 3 heterocycles. The van der Waals surface area contributed by atoms with Gasteiger partial charge in [-0.1, -0.05) is 0 Å². The maximum Gasteiger partial charge on any atom is 0.263 e. The first-order chi connectivity index (χ1) is 15.6. The molecular weight excluding hydrogens is 436 g/mol. The smallest absolute Gasteiger partial charge is 0.263 e. The second-order valence-corrected chi connectivity index (χ2v) is 8.79. The lowest BCUT2D eigenvalue weighted by atomic mass is 10.1. The van der Waals surface area contributed by atoms with Crippen LogP contribution in [0.15, 0.2) is 48.5 Å². The molecule has 1 fully saturated rings. The van der Waals surface area contributed by atoms with Crippen molar-refractivity contribution in [2.24, 2.45) is 0 Å². The van der Waals surface area contributed by atoms with Gasteiger partial charge in [0, 0.05) is 36.9 Å². The Morgan fingerprint density at radius 3 is 2.53 bits per heavy atom. The maximum atomic E-state index is 13.8. The fourth-order valence-electron chi connectivity index (χ4n) is 3.89. The van der Waals surface area contributed by atoms with Crippen molar-refractivity contribution in [3.05, 3.63) is 65.0 Å². The summed E-state index contributed by atoms with van der Waals surface area (Å²) in [6, 6.07) is 12.9. The fourth-order valence-corrected chi connectivity index (χ4v) is 4.86. The predicted molar refractivity (Wildman–Crippen MR) is 117 cm³/mol. The van der Waals surface area contributed by atoms with Crippen molar-refractivity contribution in [1.29, 1.82) is 0 Å². The molecule has 0 unspecified atom stereocenters. The summed E-state index contributed by atoms with van der Waals surface area (Å²) in [5, 5.41) is 0. The van der Waals surface area contributed by atoms with Crippen LogP contribution < -0.4 is 14.2 Å². The molecule has 0 saturated carbocycles. The van der Waals surface area contributed by atoms with Crippen LogP contribution in [0.4, 0.5) is 8.78 Å². The second-order valence-electron chi connectivity index (χ2n) is 7.71. The van der Waals surface area contributed by atoms with Gasteiger partial charge in [-0.25, -0.2) is 8.78 Å². The average molecular weight is 457 g/mol. The number of halogens is 2. The van der Waals surface area contributed by atoms with Crippen molar-refractivity contribution >= 4 is 17.2 Å². The second kappa shape index (κ2) is 8.78. The number of likely N-dealkylation sites (tertiary alicyclic amines) is 1. The number of carbonyl (C=O) groups excluding carboxylic acids is 1. The number of ether oxygens (including phenoxy) is 3. The number of thiophene rings is 1. The Hall–Kier alpha value is -3.13. The van der Waals surface area contributed by atoms with Gasteiger partial charge in [0.05, 0.1) is 4.88 Å². The Balaban J connectivity index is 1.21. The van der Waals surface area contributed by atoms with E-state index in [1.54, 1.807) is 4.90 Å². The molecule has 3 aromatic rings. The van der Waals surface area contributed by atoms with Gasteiger partial charge >= 0.3 is 0 Å². The molecule has 2 aliphatic heterocycles. The van der Waals surface area contributed by atoms with Crippen LogP contribution >= 0.6 is 11.3 Å². The zero-order chi connectivity index (χ0) is 22.1. The topological polar surface area (TPSA) is 48.0 Å². The minimum Gasteiger partial charge on any atom is -0.487 e. The fraction of sp³-hybridized carbons (Fsp3) is 0.292. The van der Waals surface area contributed by atoms with E-state index in [4.69, 9.17) is 14.2 Å². The first kappa shape index (κ1) is 20.8. The molecule has 1 saturated heterocycles. The van der Waals surface area contributed by atoms with Crippen molar-refractivity contribution in [1.82, 2.24) is 4.90 Å². The SMILES string of the molecule is O=C(c1ccc(-c2ccc3c(c2)OCCO3)s1)N1CCC(Oc2ccc(F)cc2F)CC1. The monoisotopic (exact) mass is 457 g/mol. The van der Waals surface area contributed by atoms with E-state index in [0.717, 1.165) is 28.0 Å². The molecule has 0 bridgehead atoms. The van der Waals surface area contributed by atoms with Gasteiger partial charge in [0.15, 0.2) is 23.1 Å². The third-order valence-electron chi connectivity index (χ3n) is 5.56. The molecule has 1 aromatic heterocycles. The van der Waals surface area contributed by atoms with Crippen LogP contribution in [0.25, 0.3) is 10.4 Å². The van der Waals surface area contributed by atoms with Crippen molar-refractivity contribution in [2.75, 3.05) is 26.3 Å². The Bertz CT molecular complexity index is 1140. The number of benzene rings is 2. The van der Waals surface area contributed by atoms with Crippen LogP contribution in [0.1, 0.15) is 22.5 Å². The third kappa shape index (κ3) is 4.27. The zero-order valence-electron chi connectivity index (χ0n) is 17.2. The molecular formula is C24H21F2NO4S. The number of hydrogen-bond donors (Lipinski definition) is 0. The number of fused-ring (bicyclic) bond motifs is 1. The van der Waals surface area contributed by atoms with Crippen molar-refractivity contribution in [3.8, 4) is 27.7 Å². The maximum absolute atomic E-state index is 13.8. The van der Waals surface area contributed by atoms with Gasteiger partial charge in [0.1, 0.15) is 25.1 Å². The standard InChI is InChI=1S/C24H21F2NO4S/c25-16-2-4-19(18(26)14-16)31-17-7-9-27(10-8-17)24(28)23-6-5-22(32-23)15-1-3-20-21(13-15)30-12-11-29-20/h1-6,13-14,17H,7-12H2. The predicted octanol–water partition coefficient (Wildman–Crippen LogP) is 5.15. The minimum atomic E-state index is -0.714. The summed E-state index contributed by atoms with van der Waals surface area (Å²) in [5.41, 5.74) is 0.978. The van der Waals surface area contributed by atoms with Crippen LogP contribution in [-0.2, 0) is 0 Å². The van der Waals surface area contributed by atoms with Gasteiger partial charge < -0.3 is 19.1 Å². The van der Waals surface area contributed by atoms with Gasteiger partial charge in [-0.15, -0.1) is 11.3 Å². The van der Waals surface area contributed by atoms with Gasteiger partial charge in [-0.2, -0.15) is 0 Å². The number of amides is 1. The van der Waals surface area contributed by atoms with Crippen LogP contribution in [0.5, 0.6) is 17.2 Å². The molecule has 0 N–H and O–H groups in total. The lowest BCUT2D eigenvalue weighted by Crippen LogP contribution is -2.41. The van der Waals surface area contributed by atoms with Crippen LogP contribution in [-0.4, -0.2) is 43.2 Å². The summed E-state index contributed by atoms with van der Waals surface area (Å²) in [6.07, 6.45) is 0.960. The van der Waals surface area contributed by atoms with E-state index in [0.29, 0.717) is 44.0 Å². The first-order valence-electron chi connectivity index (χ1n) is 10.5. The third-order valence-corrected chi connectivity index (χ3v) is 6.68. The normalized spacial score (nSPS) is 16.1. The van der Waals surface area contributed by atoms with E-state index in [1.807, 2.05) is 30.3 Å². The highest BCUT2D eigenvalue weighted by Crippen LogP contribution is 2.37. The molecule has 8 heteroatoms. The van der Waals surface area contributed by atoms with Gasteiger partial charge in [0.2, 0.25) is 0 Å². The van der Waals surface area contributed by atoms with Crippen LogP contribution in [0.3, 0.4) is 0 Å². The molecule has 2 aromatic carbocycles. The molecule has 0 radical (unpaired) electrons.